The van der Waals surface area contributed by atoms with Crippen LogP contribution in [-0.2, 0) is 22.7 Å². The molecule has 1 aromatic heterocycles. The van der Waals surface area contributed by atoms with Crippen molar-refractivity contribution in [1.82, 2.24) is 40.8 Å². The Morgan fingerprint density at radius 1 is 1.09 bits per heavy atom. The number of piperazine rings is 1. The van der Waals surface area contributed by atoms with Crippen LogP contribution in [0.4, 0.5) is 9.59 Å². The highest BCUT2D eigenvalue weighted by Crippen LogP contribution is 2.31. The Balaban J connectivity index is 1.33. The fourth-order valence-electron chi connectivity index (χ4n) is 6.10. The number of carbonyl (C=O) groups excluding carboxylic acids is 4. The Hall–Kier alpha value is -4.49. The molecular formula is C30H34N8O4S. The molecule has 2 aromatic carbocycles. The summed E-state index contributed by atoms with van der Waals surface area (Å²) >= 11 is 1.53. The number of aromatic nitrogens is 1. The highest BCUT2D eigenvalue weighted by molar-refractivity contribution is 7.16. The normalized spacial score (nSPS) is 21.4. The monoisotopic (exact) mass is 602 g/mol. The van der Waals surface area contributed by atoms with E-state index in [4.69, 9.17) is 0 Å². The largest absolute Gasteiger partial charge is 0.338 e. The SMILES string of the molecule is C=CCN1CC(=O)N2[C@@H](CC3CNC(=O)NC3)C(=O)N(Cc3cccc4scnc34)C[C@@H]2N1C(=O)NCc1ccccc1. The Morgan fingerprint density at radius 3 is 2.65 bits per heavy atom. The zero-order valence-corrected chi connectivity index (χ0v) is 24.5. The number of rotatable bonds is 8. The van der Waals surface area contributed by atoms with Crippen LogP contribution in [0.1, 0.15) is 17.5 Å². The van der Waals surface area contributed by atoms with Gasteiger partial charge in [0.15, 0.2) is 0 Å². The number of benzene rings is 2. The van der Waals surface area contributed by atoms with Crippen molar-refractivity contribution in [1.29, 1.82) is 0 Å². The average molecular weight is 603 g/mol. The number of fused-ring (bicyclic) bond motifs is 2. The third-order valence-corrected chi connectivity index (χ3v) is 8.92. The van der Waals surface area contributed by atoms with Crippen LogP contribution in [0.5, 0.6) is 0 Å². The van der Waals surface area contributed by atoms with Crippen LogP contribution in [0.3, 0.4) is 0 Å². The van der Waals surface area contributed by atoms with Crippen molar-refractivity contribution >= 4 is 45.4 Å². The molecule has 0 spiro atoms. The molecule has 3 aliphatic heterocycles. The van der Waals surface area contributed by atoms with E-state index in [0.29, 0.717) is 26.1 Å². The van der Waals surface area contributed by atoms with E-state index in [9.17, 15) is 19.2 Å². The molecule has 43 heavy (non-hydrogen) atoms. The third-order valence-electron chi connectivity index (χ3n) is 8.13. The Bertz CT molecular complexity index is 1520. The number of urea groups is 2. The van der Waals surface area contributed by atoms with Crippen molar-refractivity contribution < 1.29 is 19.2 Å². The van der Waals surface area contributed by atoms with Crippen LogP contribution in [0.25, 0.3) is 10.2 Å². The van der Waals surface area contributed by atoms with Gasteiger partial charge in [-0.15, -0.1) is 17.9 Å². The van der Waals surface area contributed by atoms with E-state index in [-0.39, 0.29) is 56.0 Å². The molecule has 0 aliphatic carbocycles. The minimum Gasteiger partial charge on any atom is -0.338 e. The number of hydrogen-bond acceptors (Lipinski definition) is 7. The number of hydrazine groups is 1. The summed E-state index contributed by atoms with van der Waals surface area (Å²) in [6.45, 7) is 5.57. The molecule has 3 saturated heterocycles. The minimum atomic E-state index is -0.807. The van der Waals surface area contributed by atoms with Crippen molar-refractivity contribution in [3.63, 3.8) is 0 Å². The van der Waals surface area contributed by atoms with Gasteiger partial charge >= 0.3 is 12.1 Å². The van der Waals surface area contributed by atoms with Crippen LogP contribution in [-0.4, -0.2) is 93.6 Å². The standard InChI is InChI=1S/C30H34N8O4S/c1-2-11-36-18-26(39)37-23(12-21-14-31-29(41)32-15-21)28(40)35(16-22-9-6-10-24-27(22)34-19-43-24)17-25(37)38(36)30(42)33-13-20-7-4-3-5-8-20/h2-10,19,21,23,25H,1,11-18H2,(H,33,42)(H2,31,32,41)/t23-,25-/m0/s1. The zero-order chi connectivity index (χ0) is 29.9. The van der Waals surface area contributed by atoms with E-state index < -0.39 is 12.2 Å². The summed E-state index contributed by atoms with van der Waals surface area (Å²) in [6, 6.07) is 14.1. The van der Waals surface area contributed by atoms with Crippen molar-refractivity contribution in [2.24, 2.45) is 5.92 Å². The Kier molecular flexibility index (Phi) is 8.25. The summed E-state index contributed by atoms with van der Waals surface area (Å²) in [5.74, 6) is -0.490. The third kappa shape index (κ3) is 5.90. The molecule has 6 rings (SSSR count). The molecule has 12 nitrogen and oxygen atoms in total. The number of hydrogen-bond donors (Lipinski definition) is 3. The summed E-state index contributed by atoms with van der Waals surface area (Å²) in [7, 11) is 0. The predicted molar refractivity (Wildman–Crippen MR) is 161 cm³/mol. The summed E-state index contributed by atoms with van der Waals surface area (Å²) < 4.78 is 1.02. The molecule has 0 bridgehead atoms. The van der Waals surface area contributed by atoms with Gasteiger partial charge in [0, 0.05) is 32.7 Å². The number of amides is 6. The molecule has 13 heteroatoms. The van der Waals surface area contributed by atoms with Crippen LogP contribution in [0, 0.1) is 5.92 Å². The summed E-state index contributed by atoms with van der Waals surface area (Å²) in [5.41, 5.74) is 4.46. The van der Waals surface area contributed by atoms with Crippen LogP contribution in [0.15, 0.2) is 66.7 Å². The van der Waals surface area contributed by atoms with Gasteiger partial charge in [-0.25, -0.2) is 24.6 Å². The van der Waals surface area contributed by atoms with E-state index in [1.165, 1.54) is 11.3 Å². The summed E-state index contributed by atoms with van der Waals surface area (Å²) in [4.78, 5) is 61.4. The first-order valence-corrected chi connectivity index (χ1v) is 15.2. The average Bonchev–Trinajstić information content (AvgIpc) is 3.50. The first-order valence-electron chi connectivity index (χ1n) is 14.3. The fraction of sp³-hybridized carbons (Fsp3) is 0.367. The lowest BCUT2D eigenvalue weighted by molar-refractivity contribution is -0.190. The number of para-hydroxylation sites is 1. The number of thiazole rings is 1. The molecular weight excluding hydrogens is 568 g/mol. The molecule has 0 unspecified atom stereocenters. The molecule has 3 fully saturated rings. The van der Waals surface area contributed by atoms with Gasteiger partial charge in [-0.3, -0.25) is 9.59 Å². The lowest BCUT2D eigenvalue weighted by Gasteiger charge is -2.55. The zero-order valence-electron chi connectivity index (χ0n) is 23.6. The molecule has 3 N–H and O–H groups in total. The quantitative estimate of drug-likeness (QED) is 0.339. The molecule has 224 valence electrons. The lowest BCUT2D eigenvalue weighted by Crippen LogP contribution is -2.76. The van der Waals surface area contributed by atoms with E-state index in [0.717, 1.165) is 21.3 Å². The van der Waals surface area contributed by atoms with Gasteiger partial charge in [-0.2, -0.15) is 0 Å². The Labute approximate surface area is 253 Å². The maximum absolute atomic E-state index is 14.2. The maximum Gasteiger partial charge on any atom is 0.334 e. The topological polar surface area (TPSA) is 130 Å². The van der Waals surface area contributed by atoms with E-state index in [1.807, 2.05) is 48.5 Å². The number of nitrogens with zero attached hydrogens (tertiary/aromatic N) is 5. The van der Waals surface area contributed by atoms with Crippen LogP contribution < -0.4 is 16.0 Å². The van der Waals surface area contributed by atoms with Gasteiger partial charge in [0.1, 0.15) is 12.2 Å². The molecule has 4 heterocycles. The van der Waals surface area contributed by atoms with Gasteiger partial charge in [-0.1, -0.05) is 48.5 Å². The van der Waals surface area contributed by atoms with Crippen molar-refractivity contribution in [3.8, 4) is 0 Å². The lowest BCUT2D eigenvalue weighted by atomic mass is 9.93. The second-order valence-corrected chi connectivity index (χ2v) is 11.8. The van der Waals surface area contributed by atoms with Gasteiger partial charge in [-0.05, 0) is 29.5 Å². The van der Waals surface area contributed by atoms with Crippen molar-refractivity contribution in [2.75, 3.05) is 32.7 Å². The molecule has 0 radical (unpaired) electrons. The number of nitrogens with one attached hydrogen (secondary N) is 3. The van der Waals surface area contributed by atoms with Crippen LogP contribution in [0.2, 0.25) is 0 Å². The van der Waals surface area contributed by atoms with Crippen LogP contribution >= 0.6 is 11.3 Å². The summed E-state index contributed by atoms with van der Waals surface area (Å²) in [6.07, 6.45) is 1.26. The second-order valence-electron chi connectivity index (χ2n) is 10.9. The van der Waals surface area contributed by atoms with Crippen molar-refractivity contribution in [3.05, 3.63) is 77.8 Å². The summed E-state index contributed by atoms with van der Waals surface area (Å²) in [5, 5.41) is 11.8. The van der Waals surface area contributed by atoms with Gasteiger partial charge in [0.25, 0.3) is 0 Å². The van der Waals surface area contributed by atoms with Gasteiger partial charge in [0.05, 0.1) is 28.8 Å². The highest BCUT2D eigenvalue weighted by atomic mass is 32.1. The molecule has 2 atom stereocenters. The smallest absolute Gasteiger partial charge is 0.334 e. The molecule has 3 aliphatic rings. The minimum absolute atomic E-state index is 0.0666. The molecule has 6 amide bonds. The van der Waals surface area contributed by atoms with E-state index in [2.05, 4.69) is 27.5 Å². The van der Waals surface area contributed by atoms with Gasteiger partial charge < -0.3 is 25.8 Å². The molecule has 0 saturated carbocycles. The highest BCUT2D eigenvalue weighted by Gasteiger charge is 2.51. The number of carbonyl (C=O) groups is 4. The van der Waals surface area contributed by atoms with E-state index in [1.54, 1.807) is 31.4 Å². The second kappa shape index (κ2) is 12.4. The molecule has 3 aromatic rings. The van der Waals surface area contributed by atoms with Gasteiger partial charge in [0.2, 0.25) is 11.8 Å². The fourth-order valence-corrected chi connectivity index (χ4v) is 6.82. The van der Waals surface area contributed by atoms with E-state index >= 15 is 0 Å². The predicted octanol–water partition coefficient (Wildman–Crippen LogP) is 2.11. The van der Waals surface area contributed by atoms with Crippen molar-refractivity contribution in [2.45, 2.75) is 31.7 Å². The first-order chi connectivity index (χ1) is 20.9. The Morgan fingerprint density at radius 2 is 1.88 bits per heavy atom. The first kappa shape index (κ1) is 28.6. The maximum atomic E-state index is 14.2.